The van der Waals surface area contributed by atoms with Gasteiger partial charge in [0.15, 0.2) is 0 Å². The van der Waals surface area contributed by atoms with Crippen LogP contribution in [0.1, 0.15) is 29.3 Å². The predicted octanol–water partition coefficient (Wildman–Crippen LogP) is 2.23. The number of carbonyl (C=O) groups is 2. The third kappa shape index (κ3) is 3.88. The van der Waals surface area contributed by atoms with Crippen LogP contribution in [-0.2, 0) is 17.8 Å². The summed E-state index contributed by atoms with van der Waals surface area (Å²) < 4.78 is 0. The van der Waals surface area contributed by atoms with E-state index in [4.69, 9.17) is 0 Å². The lowest BCUT2D eigenvalue weighted by Gasteiger charge is -2.12. The number of hydrogen-bond donors (Lipinski definition) is 3. The first-order valence-corrected chi connectivity index (χ1v) is 8.16. The largest absolute Gasteiger partial charge is 0.358 e. The van der Waals surface area contributed by atoms with Crippen LogP contribution in [0.2, 0.25) is 0 Å². The van der Waals surface area contributed by atoms with Gasteiger partial charge in [0.2, 0.25) is 5.91 Å². The molecule has 6 heteroatoms. The highest BCUT2D eigenvalue weighted by Crippen LogP contribution is 2.26. The monoisotopic (exact) mass is 330 g/mol. The number of hydrogen-bond acceptors (Lipinski definition) is 2. The van der Waals surface area contributed by atoms with Crippen LogP contribution in [0.3, 0.4) is 0 Å². The van der Waals surface area contributed by atoms with Crippen LogP contribution < -0.4 is 10.6 Å². The van der Waals surface area contributed by atoms with Crippen LogP contribution in [0.5, 0.6) is 0 Å². The number of benzene rings is 1. The summed E-state index contributed by atoms with van der Waals surface area (Å²) >= 11 is 0. The van der Waals surface area contributed by atoms with Crippen molar-refractivity contribution in [3.05, 3.63) is 34.5 Å². The number of aryl methyl sites for hydroxylation is 3. The van der Waals surface area contributed by atoms with E-state index in [9.17, 15) is 9.59 Å². The number of amides is 3. The molecule has 0 atom stereocenters. The summed E-state index contributed by atoms with van der Waals surface area (Å²) in [5.74, 6) is -0.209. The van der Waals surface area contributed by atoms with Crippen LogP contribution in [0.4, 0.5) is 4.79 Å². The number of fused-ring (bicyclic) bond motifs is 1. The van der Waals surface area contributed by atoms with Gasteiger partial charge in [0.05, 0.1) is 12.1 Å². The maximum absolute atomic E-state index is 11.9. The zero-order valence-electron chi connectivity index (χ0n) is 15.0. The molecule has 0 unspecified atom stereocenters. The van der Waals surface area contributed by atoms with Crippen molar-refractivity contribution in [3.8, 4) is 0 Å². The molecule has 0 saturated heterocycles. The zero-order chi connectivity index (χ0) is 17.9. The summed E-state index contributed by atoms with van der Waals surface area (Å²) in [4.78, 5) is 28.2. The molecule has 1 aromatic heterocycles. The third-order valence-electron chi connectivity index (χ3n) is 4.13. The number of nitrogens with zero attached hydrogens (tertiary/aromatic N) is 1. The van der Waals surface area contributed by atoms with Crippen molar-refractivity contribution in [1.82, 2.24) is 20.5 Å². The molecule has 24 heavy (non-hydrogen) atoms. The van der Waals surface area contributed by atoms with Crippen molar-refractivity contribution in [1.29, 1.82) is 0 Å². The van der Waals surface area contributed by atoms with Gasteiger partial charge in [0.25, 0.3) is 0 Å². The van der Waals surface area contributed by atoms with Gasteiger partial charge in [0.1, 0.15) is 0 Å². The van der Waals surface area contributed by atoms with E-state index < -0.39 is 0 Å². The molecule has 3 N–H and O–H groups in total. The Labute approximate surface area is 142 Å². The molecule has 2 rings (SSSR count). The molecule has 0 aliphatic rings. The average Bonchev–Trinajstić information content (AvgIpc) is 2.86. The normalized spacial score (nSPS) is 10.7. The fourth-order valence-electron chi connectivity index (χ4n) is 2.78. The molecule has 0 radical (unpaired) electrons. The maximum atomic E-state index is 11.9. The van der Waals surface area contributed by atoms with Gasteiger partial charge < -0.3 is 20.5 Å². The van der Waals surface area contributed by atoms with Crippen molar-refractivity contribution in [2.24, 2.45) is 0 Å². The lowest BCUT2D eigenvalue weighted by atomic mass is 10.0. The Bertz CT molecular complexity index is 762. The van der Waals surface area contributed by atoms with Gasteiger partial charge in [-0.1, -0.05) is 18.6 Å². The molecule has 0 fully saturated rings. The molecule has 1 aromatic carbocycles. The minimum absolute atomic E-state index is 0.0318. The molecule has 6 nitrogen and oxygen atoms in total. The fraction of sp³-hybridized carbons (Fsp3) is 0.444. The Balaban J connectivity index is 2.10. The quantitative estimate of drug-likeness (QED) is 0.786. The number of rotatable bonds is 5. The first kappa shape index (κ1) is 17.8. The number of aromatic nitrogens is 1. The number of aromatic amines is 1. The zero-order valence-corrected chi connectivity index (χ0v) is 15.0. The second-order valence-electron chi connectivity index (χ2n) is 6.26. The molecule has 0 aliphatic heterocycles. The first-order chi connectivity index (χ1) is 11.3. The van der Waals surface area contributed by atoms with E-state index in [1.54, 1.807) is 14.1 Å². The Morgan fingerprint density at radius 2 is 1.88 bits per heavy atom. The van der Waals surface area contributed by atoms with Crippen molar-refractivity contribution in [3.63, 3.8) is 0 Å². The van der Waals surface area contributed by atoms with E-state index in [-0.39, 0.29) is 18.5 Å². The predicted molar refractivity (Wildman–Crippen MR) is 96.1 cm³/mol. The SMILES string of the molecule is CCc1[nH]c2c(CNC(=O)CNC(=O)N(C)C)cc(C)cc2c1C. The minimum atomic E-state index is -0.282. The maximum Gasteiger partial charge on any atom is 0.317 e. The molecule has 3 amide bonds. The van der Waals surface area contributed by atoms with Gasteiger partial charge >= 0.3 is 6.03 Å². The van der Waals surface area contributed by atoms with Crippen LogP contribution in [0, 0.1) is 13.8 Å². The molecule has 0 aliphatic carbocycles. The number of carbonyl (C=O) groups excluding carboxylic acids is 2. The second-order valence-corrected chi connectivity index (χ2v) is 6.26. The highest BCUT2D eigenvalue weighted by molar-refractivity contribution is 5.89. The molecule has 1 heterocycles. The van der Waals surface area contributed by atoms with Crippen molar-refractivity contribution < 1.29 is 9.59 Å². The van der Waals surface area contributed by atoms with E-state index in [0.29, 0.717) is 6.54 Å². The lowest BCUT2D eigenvalue weighted by Crippen LogP contribution is -2.41. The van der Waals surface area contributed by atoms with Crippen LogP contribution >= 0.6 is 0 Å². The topological polar surface area (TPSA) is 77.2 Å². The van der Waals surface area contributed by atoms with Gasteiger partial charge in [0, 0.05) is 31.7 Å². The standard InChI is InChI=1S/C18H26N4O2/c1-6-15-12(3)14-8-11(2)7-13(17(14)21-15)9-19-16(23)10-20-18(24)22(4)5/h7-8,21H,6,9-10H2,1-5H3,(H,19,23)(H,20,24). The van der Waals surface area contributed by atoms with Gasteiger partial charge in [-0.05, 0) is 37.5 Å². The molecule has 2 aromatic rings. The summed E-state index contributed by atoms with van der Waals surface area (Å²) in [5.41, 5.74) is 5.79. The third-order valence-corrected chi connectivity index (χ3v) is 4.13. The Morgan fingerprint density at radius 3 is 2.50 bits per heavy atom. The highest BCUT2D eigenvalue weighted by atomic mass is 16.2. The van der Waals surface area contributed by atoms with Crippen LogP contribution in [0.25, 0.3) is 10.9 Å². The lowest BCUT2D eigenvalue weighted by molar-refractivity contribution is -0.120. The first-order valence-electron chi connectivity index (χ1n) is 8.16. The van der Waals surface area contributed by atoms with E-state index in [2.05, 4.69) is 48.5 Å². The second kappa shape index (κ2) is 7.38. The molecular formula is C18H26N4O2. The van der Waals surface area contributed by atoms with Crippen LogP contribution in [0.15, 0.2) is 12.1 Å². The summed E-state index contributed by atoms with van der Waals surface area (Å²) in [5, 5.41) is 6.63. The molecular weight excluding hydrogens is 304 g/mol. The minimum Gasteiger partial charge on any atom is -0.358 e. The number of nitrogens with one attached hydrogen (secondary N) is 3. The van der Waals surface area contributed by atoms with Gasteiger partial charge in [-0.3, -0.25) is 4.79 Å². The van der Waals surface area contributed by atoms with E-state index >= 15 is 0 Å². The van der Waals surface area contributed by atoms with Gasteiger partial charge in [-0.25, -0.2) is 4.79 Å². The molecule has 0 saturated carbocycles. The molecule has 0 spiro atoms. The summed E-state index contributed by atoms with van der Waals surface area (Å²) in [6.45, 7) is 6.70. The summed E-state index contributed by atoms with van der Waals surface area (Å²) in [6, 6.07) is 3.97. The summed E-state index contributed by atoms with van der Waals surface area (Å²) in [6.07, 6.45) is 0.946. The Morgan fingerprint density at radius 1 is 1.17 bits per heavy atom. The van der Waals surface area contributed by atoms with Crippen molar-refractivity contribution in [2.45, 2.75) is 33.7 Å². The van der Waals surface area contributed by atoms with Gasteiger partial charge in [-0.15, -0.1) is 0 Å². The van der Waals surface area contributed by atoms with E-state index in [1.165, 1.54) is 21.5 Å². The highest BCUT2D eigenvalue weighted by Gasteiger charge is 2.12. The molecule has 0 bridgehead atoms. The van der Waals surface area contributed by atoms with Crippen molar-refractivity contribution >= 4 is 22.8 Å². The Kier molecular flexibility index (Phi) is 5.49. The average molecular weight is 330 g/mol. The Hall–Kier alpha value is -2.50. The fourth-order valence-corrected chi connectivity index (χ4v) is 2.78. The van der Waals surface area contributed by atoms with E-state index in [0.717, 1.165) is 23.1 Å². The number of H-pyrrole nitrogens is 1. The molecule has 130 valence electrons. The van der Waals surface area contributed by atoms with E-state index in [1.807, 2.05) is 0 Å². The van der Waals surface area contributed by atoms with Gasteiger partial charge in [-0.2, -0.15) is 0 Å². The number of urea groups is 1. The van der Waals surface area contributed by atoms with Crippen LogP contribution in [-0.4, -0.2) is 42.5 Å². The summed E-state index contributed by atoms with van der Waals surface area (Å²) in [7, 11) is 3.27. The van der Waals surface area contributed by atoms with Crippen molar-refractivity contribution in [2.75, 3.05) is 20.6 Å². The smallest absolute Gasteiger partial charge is 0.317 e.